The lowest BCUT2D eigenvalue weighted by Crippen LogP contribution is -2.20. The normalized spacial score (nSPS) is 10.7. The van der Waals surface area contributed by atoms with Crippen LogP contribution in [0.3, 0.4) is 0 Å². The first-order chi connectivity index (χ1) is 14.5. The summed E-state index contributed by atoms with van der Waals surface area (Å²) in [6.07, 6.45) is 1.01. The number of benzene rings is 3. The van der Waals surface area contributed by atoms with Crippen LogP contribution in [0.1, 0.15) is 20.3 Å². The topological polar surface area (TPSA) is 47.6 Å². The van der Waals surface area contributed by atoms with Gasteiger partial charge in [0.1, 0.15) is 11.5 Å². The molecule has 0 heterocycles. The van der Waals surface area contributed by atoms with Gasteiger partial charge in [0.05, 0.1) is 11.1 Å². The molecule has 156 valence electrons. The third kappa shape index (κ3) is 6.63. The summed E-state index contributed by atoms with van der Waals surface area (Å²) in [6.45, 7) is 4.95. The predicted molar refractivity (Wildman–Crippen MR) is 125 cm³/mol. The summed E-state index contributed by atoms with van der Waals surface area (Å²) in [5.74, 6) is 1.81. The predicted octanol–water partition coefficient (Wildman–Crippen LogP) is 6.56. The maximum absolute atomic E-state index is 12.2. The molecular formula is C25H26BrNO3. The minimum atomic E-state index is -0.220. The molecule has 0 aliphatic rings. The van der Waals surface area contributed by atoms with Crippen molar-refractivity contribution in [3.63, 3.8) is 0 Å². The Morgan fingerprint density at radius 1 is 0.933 bits per heavy atom. The van der Waals surface area contributed by atoms with Crippen LogP contribution in [-0.2, 0) is 4.79 Å². The fourth-order valence-corrected chi connectivity index (χ4v) is 3.31. The minimum absolute atomic E-state index is 0.0735. The number of carbonyl (C=O) groups excluding carboxylic acids is 1. The van der Waals surface area contributed by atoms with Crippen molar-refractivity contribution in [2.45, 2.75) is 20.3 Å². The number of amides is 1. The molecule has 0 aliphatic heterocycles. The first-order valence-corrected chi connectivity index (χ1v) is 10.8. The van der Waals surface area contributed by atoms with Gasteiger partial charge in [-0.15, -0.1) is 0 Å². The molecule has 0 saturated carbocycles. The standard InChI is InChI=1S/C25H26BrNO3/c1-18(2)14-15-29-22-11-9-21(10-12-22)27-25(28)17-30-24-13-8-20(16-23(24)26)19-6-4-3-5-7-19/h3-13,16,18H,14-15,17H2,1-2H3,(H,27,28). The molecule has 1 amide bonds. The van der Waals surface area contributed by atoms with Crippen molar-refractivity contribution >= 4 is 27.5 Å². The van der Waals surface area contributed by atoms with Crippen LogP contribution in [-0.4, -0.2) is 19.1 Å². The van der Waals surface area contributed by atoms with E-state index in [1.165, 1.54) is 0 Å². The second-order valence-electron chi connectivity index (χ2n) is 7.40. The molecule has 3 rings (SSSR count). The lowest BCUT2D eigenvalue weighted by atomic mass is 10.1. The smallest absolute Gasteiger partial charge is 0.262 e. The second-order valence-corrected chi connectivity index (χ2v) is 8.26. The van der Waals surface area contributed by atoms with Crippen LogP contribution in [0.25, 0.3) is 11.1 Å². The van der Waals surface area contributed by atoms with Gasteiger partial charge in [0, 0.05) is 5.69 Å². The first kappa shape index (κ1) is 21.9. The van der Waals surface area contributed by atoms with Gasteiger partial charge in [-0.3, -0.25) is 4.79 Å². The average molecular weight is 468 g/mol. The van der Waals surface area contributed by atoms with Crippen LogP contribution < -0.4 is 14.8 Å². The number of rotatable bonds is 9. The van der Waals surface area contributed by atoms with Crippen molar-refractivity contribution in [2.75, 3.05) is 18.5 Å². The number of hydrogen-bond acceptors (Lipinski definition) is 3. The van der Waals surface area contributed by atoms with E-state index in [2.05, 4.69) is 47.2 Å². The highest BCUT2D eigenvalue weighted by atomic mass is 79.9. The fraction of sp³-hybridized carbons (Fsp3) is 0.240. The van der Waals surface area contributed by atoms with Gasteiger partial charge >= 0.3 is 0 Å². The maximum Gasteiger partial charge on any atom is 0.262 e. The fourth-order valence-electron chi connectivity index (χ4n) is 2.82. The van der Waals surface area contributed by atoms with Crippen LogP contribution in [0.15, 0.2) is 77.3 Å². The highest BCUT2D eigenvalue weighted by Gasteiger charge is 2.08. The SMILES string of the molecule is CC(C)CCOc1ccc(NC(=O)COc2ccc(-c3ccccc3)cc2Br)cc1. The van der Waals surface area contributed by atoms with Gasteiger partial charge in [-0.25, -0.2) is 0 Å². The van der Waals surface area contributed by atoms with Gasteiger partial charge in [0.25, 0.3) is 5.91 Å². The van der Waals surface area contributed by atoms with Crippen molar-refractivity contribution in [3.8, 4) is 22.6 Å². The van der Waals surface area contributed by atoms with E-state index in [0.29, 0.717) is 24.0 Å². The third-order valence-electron chi connectivity index (χ3n) is 4.50. The lowest BCUT2D eigenvalue weighted by molar-refractivity contribution is -0.118. The molecule has 3 aromatic carbocycles. The molecule has 5 heteroatoms. The van der Waals surface area contributed by atoms with E-state index in [1.54, 1.807) is 0 Å². The zero-order valence-electron chi connectivity index (χ0n) is 17.2. The summed E-state index contributed by atoms with van der Waals surface area (Å²) in [7, 11) is 0. The molecule has 0 aliphatic carbocycles. The Morgan fingerprint density at radius 3 is 2.33 bits per heavy atom. The van der Waals surface area contributed by atoms with E-state index in [4.69, 9.17) is 9.47 Å². The molecule has 30 heavy (non-hydrogen) atoms. The summed E-state index contributed by atoms with van der Waals surface area (Å²) in [4.78, 5) is 12.2. The molecule has 3 aromatic rings. The van der Waals surface area contributed by atoms with Crippen LogP contribution in [0, 0.1) is 5.92 Å². The third-order valence-corrected chi connectivity index (χ3v) is 5.12. The van der Waals surface area contributed by atoms with E-state index >= 15 is 0 Å². The molecule has 0 aromatic heterocycles. The Bertz CT molecular complexity index is 956. The summed E-state index contributed by atoms with van der Waals surface area (Å²) in [5.41, 5.74) is 2.91. The molecule has 0 atom stereocenters. The molecule has 0 unspecified atom stereocenters. The Hall–Kier alpha value is -2.79. The lowest BCUT2D eigenvalue weighted by Gasteiger charge is -2.11. The summed E-state index contributed by atoms with van der Waals surface area (Å²) < 4.78 is 12.2. The molecule has 0 saturated heterocycles. The quantitative estimate of drug-likeness (QED) is 0.387. The molecule has 0 bridgehead atoms. The van der Waals surface area contributed by atoms with Gasteiger partial charge in [0.15, 0.2) is 6.61 Å². The van der Waals surface area contributed by atoms with Crippen molar-refractivity contribution < 1.29 is 14.3 Å². The van der Waals surface area contributed by atoms with Crippen LogP contribution in [0.5, 0.6) is 11.5 Å². The second kappa shape index (κ2) is 10.8. The van der Waals surface area contributed by atoms with Crippen molar-refractivity contribution in [1.29, 1.82) is 0 Å². The number of nitrogens with one attached hydrogen (secondary N) is 1. The van der Waals surface area contributed by atoms with Gasteiger partial charge in [-0.2, -0.15) is 0 Å². The number of anilines is 1. The number of carbonyl (C=O) groups is 1. The molecule has 4 nitrogen and oxygen atoms in total. The van der Waals surface area contributed by atoms with E-state index < -0.39 is 0 Å². The molecule has 0 fully saturated rings. The Kier molecular flexibility index (Phi) is 7.91. The Balaban J connectivity index is 1.50. The Labute approximate surface area is 186 Å². The number of hydrogen-bond donors (Lipinski definition) is 1. The average Bonchev–Trinajstić information content (AvgIpc) is 2.74. The van der Waals surface area contributed by atoms with Gasteiger partial charge in [0.2, 0.25) is 0 Å². The van der Waals surface area contributed by atoms with Gasteiger partial charge < -0.3 is 14.8 Å². The maximum atomic E-state index is 12.2. The van der Waals surface area contributed by atoms with E-state index in [1.807, 2.05) is 60.7 Å². The molecule has 0 radical (unpaired) electrons. The Morgan fingerprint density at radius 2 is 1.67 bits per heavy atom. The zero-order valence-corrected chi connectivity index (χ0v) is 18.8. The largest absolute Gasteiger partial charge is 0.494 e. The minimum Gasteiger partial charge on any atom is -0.494 e. The van der Waals surface area contributed by atoms with Crippen molar-refractivity contribution in [1.82, 2.24) is 0 Å². The van der Waals surface area contributed by atoms with Crippen LogP contribution >= 0.6 is 15.9 Å². The summed E-state index contributed by atoms with van der Waals surface area (Å²) >= 11 is 3.53. The zero-order chi connectivity index (χ0) is 21.3. The first-order valence-electron chi connectivity index (χ1n) is 10.0. The number of ether oxygens (including phenoxy) is 2. The van der Waals surface area contributed by atoms with Gasteiger partial charge in [-0.05, 0) is 75.8 Å². The van der Waals surface area contributed by atoms with Crippen molar-refractivity contribution in [3.05, 3.63) is 77.3 Å². The molecule has 0 spiro atoms. The van der Waals surface area contributed by atoms with Crippen molar-refractivity contribution in [2.24, 2.45) is 5.92 Å². The molecular weight excluding hydrogens is 442 g/mol. The van der Waals surface area contributed by atoms with Gasteiger partial charge in [-0.1, -0.05) is 50.2 Å². The summed E-state index contributed by atoms with van der Waals surface area (Å²) in [5, 5.41) is 2.84. The van der Waals surface area contributed by atoms with E-state index in [9.17, 15) is 4.79 Å². The van der Waals surface area contributed by atoms with Crippen LogP contribution in [0.2, 0.25) is 0 Å². The highest BCUT2D eigenvalue weighted by molar-refractivity contribution is 9.10. The number of halogens is 1. The monoisotopic (exact) mass is 467 g/mol. The summed E-state index contributed by atoms with van der Waals surface area (Å²) in [6, 6.07) is 23.3. The molecule has 1 N–H and O–H groups in total. The highest BCUT2D eigenvalue weighted by Crippen LogP contribution is 2.30. The van der Waals surface area contributed by atoms with E-state index in [0.717, 1.165) is 27.8 Å². The van der Waals surface area contributed by atoms with Crippen LogP contribution in [0.4, 0.5) is 5.69 Å². The van der Waals surface area contributed by atoms with E-state index in [-0.39, 0.29) is 12.5 Å².